The van der Waals surface area contributed by atoms with Crippen molar-refractivity contribution in [3.05, 3.63) is 93.8 Å². The number of hydrogen-bond acceptors (Lipinski definition) is 6. The molecule has 5 aromatic rings. The second-order valence-corrected chi connectivity index (χ2v) is 9.11. The number of benzene rings is 3. The lowest BCUT2D eigenvalue weighted by molar-refractivity contribution is 0.102. The lowest BCUT2D eigenvalue weighted by Crippen LogP contribution is -2.22. The van der Waals surface area contributed by atoms with Crippen molar-refractivity contribution in [3.8, 4) is 11.4 Å². The molecule has 0 aliphatic carbocycles. The van der Waals surface area contributed by atoms with E-state index in [4.69, 9.17) is 4.74 Å². The van der Waals surface area contributed by atoms with Gasteiger partial charge in [0.1, 0.15) is 5.75 Å². The van der Waals surface area contributed by atoms with Crippen LogP contribution in [0.5, 0.6) is 5.75 Å². The van der Waals surface area contributed by atoms with Crippen molar-refractivity contribution in [2.24, 2.45) is 0 Å². The van der Waals surface area contributed by atoms with Crippen LogP contribution in [0.1, 0.15) is 28.4 Å². The Labute approximate surface area is 206 Å². The molecular formula is C27H24N4O3S. The van der Waals surface area contributed by atoms with Crippen LogP contribution in [0, 0.1) is 13.8 Å². The van der Waals surface area contributed by atoms with Gasteiger partial charge >= 0.3 is 0 Å². The molecule has 0 saturated heterocycles. The number of hydrogen-bond donors (Lipinski definition) is 0. The Morgan fingerprint density at radius 1 is 0.971 bits per heavy atom. The van der Waals surface area contributed by atoms with E-state index in [1.165, 1.54) is 11.8 Å². The van der Waals surface area contributed by atoms with Gasteiger partial charge in [0.2, 0.25) is 5.78 Å². The SMILES string of the molecule is CCOc1ccc(C(=O)CSc2nnc3n(-c4cccc(C)c4C)c(=O)c4ccccc4n23)cc1. The molecule has 8 heteroatoms. The van der Waals surface area contributed by atoms with Crippen molar-refractivity contribution < 1.29 is 9.53 Å². The van der Waals surface area contributed by atoms with Crippen molar-refractivity contribution in [3.63, 3.8) is 0 Å². The first kappa shape index (κ1) is 22.9. The summed E-state index contributed by atoms with van der Waals surface area (Å²) in [6, 6.07) is 20.4. The molecule has 3 aromatic carbocycles. The molecule has 2 aromatic heterocycles. The van der Waals surface area contributed by atoms with Gasteiger partial charge in [-0.1, -0.05) is 36.0 Å². The first-order valence-corrected chi connectivity index (χ1v) is 12.3. The summed E-state index contributed by atoms with van der Waals surface area (Å²) in [6.45, 7) is 6.50. The molecule has 0 N–H and O–H groups in total. The smallest absolute Gasteiger partial charge is 0.267 e. The van der Waals surface area contributed by atoms with E-state index in [1.54, 1.807) is 34.9 Å². The third kappa shape index (κ3) is 4.10. The Hall–Kier alpha value is -3.91. The molecule has 7 nitrogen and oxygen atoms in total. The highest BCUT2D eigenvalue weighted by molar-refractivity contribution is 7.99. The van der Waals surface area contributed by atoms with Crippen LogP contribution in [0.15, 0.2) is 76.7 Å². The van der Waals surface area contributed by atoms with Gasteiger partial charge < -0.3 is 4.74 Å². The Bertz CT molecular complexity index is 1620. The molecule has 0 spiro atoms. The summed E-state index contributed by atoms with van der Waals surface area (Å²) in [5.74, 6) is 1.31. The van der Waals surface area contributed by atoms with Gasteiger partial charge in [0.25, 0.3) is 5.56 Å². The summed E-state index contributed by atoms with van der Waals surface area (Å²) < 4.78 is 8.92. The zero-order valence-corrected chi connectivity index (χ0v) is 20.5. The standard InChI is InChI=1S/C27H24N4O3S/c1-4-34-20-14-12-19(13-15-20)24(32)16-35-27-29-28-26-30(22-11-7-8-17(2)18(22)3)25(33)21-9-5-6-10-23(21)31(26)27/h5-15H,4,16H2,1-3H3. The fraction of sp³-hybridized carbons (Fsp3) is 0.185. The number of aromatic nitrogens is 4. The van der Waals surface area contributed by atoms with Gasteiger partial charge in [-0.25, -0.2) is 4.57 Å². The van der Waals surface area contributed by atoms with Crippen molar-refractivity contribution in [2.45, 2.75) is 25.9 Å². The van der Waals surface area contributed by atoms with E-state index in [-0.39, 0.29) is 17.1 Å². The number of Topliss-reactive ketones (excluding diaryl/α,β-unsaturated/α-hetero) is 1. The molecule has 176 valence electrons. The summed E-state index contributed by atoms with van der Waals surface area (Å²) in [5.41, 5.74) is 3.99. The van der Waals surface area contributed by atoms with Crippen LogP contribution in [-0.4, -0.2) is 37.3 Å². The van der Waals surface area contributed by atoms with Crippen LogP contribution in [-0.2, 0) is 0 Å². The van der Waals surface area contributed by atoms with Gasteiger partial charge in [-0.15, -0.1) is 10.2 Å². The molecule has 0 atom stereocenters. The van der Waals surface area contributed by atoms with E-state index < -0.39 is 0 Å². The molecule has 0 saturated carbocycles. The third-order valence-electron chi connectivity index (χ3n) is 6.03. The van der Waals surface area contributed by atoms with Crippen molar-refractivity contribution in [1.82, 2.24) is 19.2 Å². The second-order valence-electron chi connectivity index (χ2n) is 8.16. The van der Waals surface area contributed by atoms with E-state index in [9.17, 15) is 9.59 Å². The van der Waals surface area contributed by atoms with E-state index in [2.05, 4.69) is 10.2 Å². The maximum atomic E-state index is 13.6. The van der Waals surface area contributed by atoms with E-state index >= 15 is 0 Å². The quantitative estimate of drug-likeness (QED) is 0.238. The molecule has 0 unspecified atom stereocenters. The van der Waals surface area contributed by atoms with E-state index in [0.717, 1.165) is 22.6 Å². The van der Waals surface area contributed by atoms with Gasteiger partial charge in [0.05, 0.1) is 29.0 Å². The summed E-state index contributed by atoms with van der Waals surface area (Å²) in [4.78, 5) is 26.4. The molecule has 0 bridgehead atoms. The fourth-order valence-electron chi connectivity index (χ4n) is 4.08. The molecule has 2 heterocycles. The molecule has 35 heavy (non-hydrogen) atoms. The summed E-state index contributed by atoms with van der Waals surface area (Å²) >= 11 is 1.30. The largest absolute Gasteiger partial charge is 0.494 e. The Morgan fingerprint density at radius 2 is 1.74 bits per heavy atom. The number of para-hydroxylation sites is 1. The minimum Gasteiger partial charge on any atom is -0.494 e. The summed E-state index contributed by atoms with van der Waals surface area (Å²) in [6.07, 6.45) is 0. The van der Waals surface area contributed by atoms with Crippen molar-refractivity contribution in [1.29, 1.82) is 0 Å². The summed E-state index contributed by atoms with van der Waals surface area (Å²) in [5, 5.41) is 9.87. The molecule has 0 fully saturated rings. The number of thioether (sulfide) groups is 1. The first-order chi connectivity index (χ1) is 17.0. The van der Waals surface area contributed by atoms with Crippen LogP contribution < -0.4 is 10.3 Å². The maximum absolute atomic E-state index is 13.6. The van der Waals surface area contributed by atoms with Gasteiger partial charge in [-0.05, 0) is 74.4 Å². The van der Waals surface area contributed by atoms with Gasteiger partial charge in [-0.3, -0.25) is 14.0 Å². The lowest BCUT2D eigenvalue weighted by atomic mass is 10.1. The number of fused-ring (bicyclic) bond motifs is 3. The zero-order valence-electron chi connectivity index (χ0n) is 19.7. The van der Waals surface area contributed by atoms with E-state index in [0.29, 0.717) is 34.0 Å². The van der Waals surface area contributed by atoms with Crippen LogP contribution in [0.25, 0.3) is 22.4 Å². The van der Waals surface area contributed by atoms with Gasteiger partial charge in [0.15, 0.2) is 10.9 Å². The predicted octanol–water partition coefficient (Wildman–Crippen LogP) is 5.02. The third-order valence-corrected chi connectivity index (χ3v) is 6.96. The molecule has 0 aliphatic heterocycles. The number of carbonyl (C=O) groups is 1. The number of rotatable bonds is 7. The highest BCUT2D eigenvalue weighted by Crippen LogP contribution is 2.26. The Balaban J connectivity index is 1.58. The summed E-state index contributed by atoms with van der Waals surface area (Å²) in [7, 11) is 0. The van der Waals surface area contributed by atoms with Crippen LogP contribution >= 0.6 is 11.8 Å². The predicted molar refractivity (Wildman–Crippen MR) is 138 cm³/mol. The van der Waals surface area contributed by atoms with Crippen LogP contribution in [0.4, 0.5) is 0 Å². The number of carbonyl (C=O) groups excluding carboxylic acids is 1. The molecule has 0 radical (unpaired) electrons. The van der Waals surface area contributed by atoms with E-state index in [1.807, 2.05) is 61.6 Å². The number of nitrogens with zero attached hydrogens (tertiary/aromatic N) is 4. The highest BCUT2D eigenvalue weighted by atomic mass is 32.2. The van der Waals surface area contributed by atoms with Gasteiger partial charge in [0, 0.05) is 5.56 Å². The monoisotopic (exact) mass is 484 g/mol. The Kier molecular flexibility index (Phi) is 6.13. The molecule has 0 amide bonds. The topological polar surface area (TPSA) is 78.5 Å². The van der Waals surface area contributed by atoms with Crippen molar-refractivity contribution >= 4 is 34.2 Å². The lowest BCUT2D eigenvalue weighted by Gasteiger charge is -2.14. The number of aryl methyl sites for hydroxylation is 1. The first-order valence-electron chi connectivity index (χ1n) is 11.3. The fourth-order valence-corrected chi connectivity index (χ4v) is 4.92. The van der Waals surface area contributed by atoms with Gasteiger partial charge in [-0.2, -0.15) is 0 Å². The number of ether oxygens (including phenoxy) is 1. The van der Waals surface area contributed by atoms with Crippen LogP contribution in [0.3, 0.4) is 0 Å². The molecule has 5 rings (SSSR count). The minimum atomic E-state index is -0.156. The normalized spacial score (nSPS) is 11.3. The van der Waals surface area contributed by atoms with Crippen molar-refractivity contribution in [2.75, 3.05) is 12.4 Å². The maximum Gasteiger partial charge on any atom is 0.267 e. The Morgan fingerprint density at radius 3 is 2.51 bits per heavy atom. The molecule has 0 aliphatic rings. The zero-order chi connectivity index (χ0) is 24.5. The average molecular weight is 485 g/mol. The second kappa shape index (κ2) is 9.38. The number of ketones is 1. The average Bonchev–Trinajstić information content (AvgIpc) is 3.29. The van der Waals surface area contributed by atoms with Crippen LogP contribution in [0.2, 0.25) is 0 Å². The molecular weight excluding hydrogens is 460 g/mol. The minimum absolute atomic E-state index is 0.0260. The highest BCUT2D eigenvalue weighted by Gasteiger charge is 2.20.